The summed E-state index contributed by atoms with van der Waals surface area (Å²) in [5.41, 5.74) is 0. The molecule has 4 heteroatoms. The molecule has 0 spiro atoms. The summed E-state index contributed by atoms with van der Waals surface area (Å²) >= 11 is 0. The molecule has 0 radical (unpaired) electrons. The number of aryl methyl sites for hydroxylation is 1. The van der Waals surface area contributed by atoms with Crippen LogP contribution in [0.1, 0.15) is 39.9 Å². The van der Waals surface area contributed by atoms with Gasteiger partial charge < -0.3 is 10.1 Å². The van der Waals surface area contributed by atoms with E-state index >= 15 is 0 Å². The Kier molecular flexibility index (Phi) is 5.19. The first-order valence-electron chi connectivity index (χ1n) is 6.27. The molecule has 1 aromatic heterocycles. The van der Waals surface area contributed by atoms with Crippen molar-refractivity contribution < 1.29 is 4.74 Å². The Bertz CT molecular complexity index is 353. The number of aromatic nitrogens is 2. The number of nitrogens with one attached hydrogen (secondary N) is 1. The largest absolute Gasteiger partial charge is 0.474 e. The van der Waals surface area contributed by atoms with E-state index < -0.39 is 0 Å². The molecule has 0 saturated heterocycles. The van der Waals surface area contributed by atoms with Crippen LogP contribution in [0.2, 0.25) is 0 Å². The first-order chi connectivity index (χ1) is 8.01. The molecule has 0 aliphatic heterocycles. The van der Waals surface area contributed by atoms with Gasteiger partial charge in [0, 0.05) is 12.6 Å². The van der Waals surface area contributed by atoms with E-state index in [1.165, 1.54) is 0 Å². The molecule has 0 aliphatic carbocycles. The van der Waals surface area contributed by atoms with Crippen LogP contribution in [0.3, 0.4) is 0 Å². The van der Waals surface area contributed by atoms with Gasteiger partial charge in [0.25, 0.3) is 0 Å². The lowest BCUT2D eigenvalue weighted by atomic mass is 10.1. The van der Waals surface area contributed by atoms with Crippen molar-refractivity contribution in [3.63, 3.8) is 0 Å². The monoisotopic (exact) mass is 237 g/mol. The van der Waals surface area contributed by atoms with E-state index in [2.05, 4.69) is 36.1 Å². The van der Waals surface area contributed by atoms with Gasteiger partial charge in [-0.2, -0.15) is 4.98 Å². The number of rotatable bonds is 6. The smallest absolute Gasteiger partial charge is 0.218 e. The van der Waals surface area contributed by atoms with E-state index in [9.17, 15) is 0 Å². The van der Waals surface area contributed by atoms with Crippen LogP contribution in [0, 0.1) is 12.8 Å². The van der Waals surface area contributed by atoms with Crippen LogP contribution in [0.15, 0.2) is 6.07 Å². The highest BCUT2D eigenvalue weighted by Crippen LogP contribution is 2.17. The molecule has 1 heterocycles. The molecule has 1 unspecified atom stereocenters. The normalized spacial score (nSPS) is 12.6. The third kappa shape index (κ3) is 5.02. The van der Waals surface area contributed by atoms with Gasteiger partial charge in [-0.3, -0.25) is 0 Å². The zero-order valence-electron chi connectivity index (χ0n) is 11.4. The maximum absolute atomic E-state index is 5.80. The maximum atomic E-state index is 5.80. The van der Waals surface area contributed by atoms with Crippen molar-refractivity contribution in [1.82, 2.24) is 9.97 Å². The number of ether oxygens (including phenoxy) is 1. The first-order valence-corrected chi connectivity index (χ1v) is 6.27. The Labute approximate surface area is 104 Å². The molecule has 0 saturated carbocycles. The minimum atomic E-state index is 0.179. The van der Waals surface area contributed by atoms with Gasteiger partial charge in [-0.05, 0) is 33.1 Å². The second-order valence-electron chi connectivity index (χ2n) is 4.73. The Morgan fingerprint density at radius 2 is 2.00 bits per heavy atom. The molecule has 96 valence electrons. The van der Waals surface area contributed by atoms with Crippen molar-refractivity contribution in [2.75, 3.05) is 11.9 Å². The lowest BCUT2D eigenvalue weighted by molar-refractivity contribution is 0.185. The predicted molar refractivity (Wildman–Crippen MR) is 70.5 cm³/mol. The van der Waals surface area contributed by atoms with Gasteiger partial charge in [-0.1, -0.05) is 13.8 Å². The second-order valence-corrected chi connectivity index (χ2v) is 4.73. The van der Waals surface area contributed by atoms with Crippen LogP contribution in [0.25, 0.3) is 0 Å². The summed E-state index contributed by atoms with van der Waals surface area (Å²) in [6, 6.07) is 1.85. The molecule has 0 amide bonds. The fourth-order valence-electron chi connectivity index (χ4n) is 1.79. The third-order valence-corrected chi connectivity index (χ3v) is 2.30. The minimum absolute atomic E-state index is 0.179. The van der Waals surface area contributed by atoms with Crippen LogP contribution in [0.5, 0.6) is 5.88 Å². The molecule has 0 aliphatic rings. The van der Waals surface area contributed by atoms with Crippen molar-refractivity contribution >= 4 is 5.82 Å². The van der Waals surface area contributed by atoms with Gasteiger partial charge in [0.15, 0.2) is 0 Å². The SMILES string of the molecule is CCNc1cc(OC(C)CC(C)C)nc(C)n1. The molecule has 0 aromatic carbocycles. The van der Waals surface area contributed by atoms with E-state index in [0.717, 1.165) is 24.6 Å². The van der Waals surface area contributed by atoms with Crippen LogP contribution >= 0.6 is 0 Å². The zero-order chi connectivity index (χ0) is 12.8. The molecule has 17 heavy (non-hydrogen) atoms. The molecule has 1 aromatic rings. The molecule has 1 N–H and O–H groups in total. The highest BCUT2D eigenvalue weighted by atomic mass is 16.5. The standard InChI is InChI=1S/C13H23N3O/c1-6-14-12-8-13(16-11(5)15-12)17-10(4)7-9(2)3/h8-10H,6-7H2,1-5H3,(H,14,15,16). The summed E-state index contributed by atoms with van der Waals surface area (Å²) in [7, 11) is 0. The Balaban J connectivity index is 2.69. The van der Waals surface area contributed by atoms with Gasteiger partial charge in [0.05, 0.1) is 6.10 Å². The molecule has 1 rings (SSSR count). The average Bonchev–Trinajstić information content (AvgIpc) is 2.14. The number of hydrogen-bond donors (Lipinski definition) is 1. The van der Waals surface area contributed by atoms with Gasteiger partial charge in [-0.25, -0.2) is 4.98 Å². The van der Waals surface area contributed by atoms with E-state index in [1.54, 1.807) is 0 Å². The topological polar surface area (TPSA) is 47.0 Å². The van der Waals surface area contributed by atoms with Gasteiger partial charge >= 0.3 is 0 Å². The lowest BCUT2D eigenvalue weighted by Gasteiger charge is -2.16. The van der Waals surface area contributed by atoms with Crippen molar-refractivity contribution in [3.05, 3.63) is 11.9 Å². The lowest BCUT2D eigenvalue weighted by Crippen LogP contribution is -2.16. The molecule has 0 bridgehead atoms. The quantitative estimate of drug-likeness (QED) is 0.826. The third-order valence-electron chi connectivity index (χ3n) is 2.30. The van der Waals surface area contributed by atoms with Crippen LogP contribution in [0.4, 0.5) is 5.82 Å². The van der Waals surface area contributed by atoms with E-state index in [4.69, 9.17) is 4.74 Å². The Hall–Kier alpha value is -1.32. The molecular formula is C13H23N3O. The zero-order valence-corrected chi connectivity index (χ0v) is 11.4. The summed E-state index contributed by atoms with van der Waals surface area (Å²) in [4.78, 5) is 8.58. The Morgan fingerprint density at radius 1 is 1.29 bits per heavy atom. The van der Waals surface area contributed by atoms with Crippen molar-refractivity contribution in [2.45, 2.75) is 47.1 Å². The van der Waals surface area contributed by atoms with Crippen LogP contribution in [-0.2, 0) is 0 Å². The second kappa shape index (κ2) is 6.42. The molecule has 4 nitrogen and oxygen atoms in total. The van der Waals surface area contributed by atoms with Gasteiger partial charge in [0.1, 0.15) is 11.6 Å². The maximum Gasteiger partial charge on any atom is 0.218 e. The van der Waals surface area contributed by atoms with Gasteiger partial charge in [0.2, 0.25) is 5.88 Å². The van der Waals surface area contributed by atoms with Crippen molar-refractivity contribution in [3.8, 4) is 5.88 Å². The minimum Gasteiger partial charge on any atom is -0.474 e. The van der Waals surface area contributed by atoms with Gasteiger partial charge in [-0.15, -0.1) is 0 Å². The van der Waals surface area contributed by atoms with Crippen LogP contribution in [-0.4, -0.2) is 22.6 Å². The first kappa shape index (κ1) is 13.7. The number of anilines is 1. The summed E-state index contributed by atoms with van der Waals surface area (Å²) in [5, 5.41) is 3.17. The summed E-state index contributed by atoms with van der Waals surface area (Å²) in [6.07, 6.45) is 1.21. The fraction of sp³-hybridized carbons (Fsp3) is 0.692. The van der Waals surface area contributed by atoms with Crippen LogP contribution < -0.4 is 10.1 Å². The highest BCUT2D eigenvalue weighted by Gasteiger charge is 2.09. The number of hydrogen-bond acceptors (Lipinski definition) is 4. The molecule has 0 fully saturated rings. The Morgan fingerprint density at radius 3 is 2.59 bits per heavy atom. The van der Waals surface area contributed by atoms with Crippen molar-refractivity contribution in [1.29, 1.82) is 0 Å². The van der Waals surface area contributed by atoms with E-state index in [0.29, 0.717) is 11.8 Å². The summed E-state index contributed by atoms with van der Waals surface area (Å²) in [5.74, 6) is 2.84. The van der Waals surface area contributed by atoms with E-state index in [1.807, 2.05) is 19.9 Å². The predicted octanol–water partition coefficient (Wildman–Crippen LogP) is 3.03. The summed E-state index contributed by atoms with van der Waals surface area (Å²) < 4.78 is 5.80. The fourth-order valence-corrected chi connectivity index (χ4v) is 1.79. The molecule has 1 atom stereocenters. The summed E-state index contributed by atoms with van der Waals surface area (Å²) in [6.45, 7) is 11.2. The average molecular weight is 237 g/mol. The van der Waals surface area contributed by atoms with E-state index in [-0.39, 0.29) is 6.10 Å². The van der Waals surface area contributed by atoms with Crippen molar-refractivity contribution in [2.24, 2.45) is 5.92 Å². The highest BCUT2D eigenvalue weighted by molar-refractivity contribution is 5.38. The molecular weight excluding hydrogens is 214 g/mol. The number of nitrogens with zero attached hydrogens (tertiary/aromatic N) is 2.